The molecule has 4 atom stereocenters. The third-order valence-electron chi connectivity index (χ3n) is 7.46. The smallest absolute Gasteiger partial charge is 0.291 e. The lowest BCUT2D eigenvalue weighted by atomic mass is 9.76. The molecule has 3 aliphatic heterocycles. The first-order valence-corrected chi connectivity index (χ1v) is 11.8. The van der Waals surface area contributed by atoms with Crippen LogP contribution in [0.15, 0.2) is 36.4 Å². The van der Waals surface area contributed by atoms with Gasteiger partial charge < -0.3 is 21.1 Å². The van der Waals surface area contributed by atoms with E-state index in [1.807, 2.05) is 6.92 Å². The fourth-order valence-electron chi connectivity index (χ4n) is 5.90. The number of aryl methyl sites for hydroxylation is 1. The second-order valence-corrected chi connectivity index (χ2v) is 9.85. The van der Waals surface area contributed by atoms with Gasteiger partial charge in [-0.3, -0.25) is 24.1 Å². The number of amides is 4. The van der Waals surface area contributed by atoms with Gasteiger partial charge in [-0.1, -0.05) is 23.7 Å². The summed E-state index contributed by atoms with van der Waals surface area (Å²) in [6, 6.07) is 10.1. The zero-order chi connectivity index (χ0) is 25.1. The number of primary amides is 1. The van der Waals surface area contributed by atoms with Crippen LogP contribution in [0.2, 0.25) is 5.02 Å². The Morgan fingerprint density at radius 1 is 1.20 bits per heavy atom. The van der Waals surface area contributed by atoms with Crippen LogP contribution in [-0.4, -0.2) is 41.7 Å². The lowest BCUT2D eigenvalue weighted by Crippen LogP contribution is -2.99. The molecule has 2 aromatic carbocycles. The predicted molar refractivity (Wildman–Crippen MR) is 126 cm³/mol. The van der Waals surface area contributed by atoms with Crippen LogP contribution < -0.4 is 21.1 Å². The first-order valence-electron chi connectivity index (χ1n) is 11.4. The number of nitrogens with two attached hydrogens (primary N) is 2. The zero-order valence-corrected chi connectivity index (χ0v) is 20.1. The number of hydrogen-bond donors (Lipinski definition) is 3. The summed E-state index contributed by atoms with van der Waals surface area (Å²) in [6.07, 6.45) is 0.319. The third-order valence-corrected chi connectivity index (χ3v) is 7.67. The molecule has 3 heterocycles. The first-order chi connectivity index (χ1) is 16.7. The average Bonchev–Trinajstić information content (AvgIpc) is 3.39. The fraction of sp³-hybridized carbons (Fsp3) is 0.360. The summed E-state index contributed by atoms with van der Waals surface area (Å²) < 4.78 is 5.19. The van der Waals surface area contributed by atoms with Crippen molar-refractivity contribution in [3.63, 3.8) is 0 Å². The normalized spacial score (nSPS) is 26.8. The van der Waals surface area contributed by atoms with Crippen LogP contribution in [0.4, 0.5) is 5.69 Å². The molecule has 182 valence electrons. The van der Waals surface area contributed by atoms with Gasteiger partial charge in [0, 0.05) is 23.4 Å². The van der Waals surface area contributed by atoms with Gasteiger partial charge in [0.2, 0.25) is 23.3 Å². The molecule has 35 heavy (non-hydrogen) atoms. The summed E-state index contributed by atoms with van der Waals surface area (Å²) in [5, 5.41) is 5.14. The number of rotatable bonds is 6. The number of imide groups is 1. The largest absolute Gasteiger partial charge is 0.497 e. The number of ether oxygens (including phenoxy) is 1. The highest BCUT2D eigenvalue weighted by Gasteiger charge is 2.74. The molecule has 9 nitrogen and oxygen atoms in total. The first kappa shape index (κ1) is 23.3. The van der Waals surface area contributed by atoms with Crippen LogP contribution in [0.1, 0.15) is 29.5 Å². The van der Waals surface area contributed by atoms with Gasteiger partial charge in [-0.2, -0.15) is 0 Å². The van der Waals surface area contributed by atoms with Crippen molar-refractivity contribution in [1.29, 1.82) is 0 Å². The molecule has 10 heteroatoms. The van der Waals surface area contributed by atoms with Crippen molar-refractivity contribution in [3.8, 4) is 5.75 Å². The number of halogens is 1. The van der Waals surface area contributed by atoms with Crippen LogP contribution in [0.25, 0.3) is 0 Å². The van der Waals surface area contributed by atoms with Gasteiger partial charge in [0.25, 0.3) is 5.91 Å². The molecular weight excluding hydrogens is 472 g/mol. The molecule has 5 rings (SSSR count). The van der Waals surface area contributed by atoms with E-state index in [9.17, 15) is 19.2 Å². The van der Waals surface area contributed by atoms with Crippen molar-refractivity contribution in [3.05, 3.63) is 58.1 Å². The van der Waals surface area contributed by atoms with E-state index in [-0.39, 0.29) is 31.2 Å². The Hall–Kier alpha value is -3.43. The minimum Gasteiger partial charge on any atom is -0.497 e. The number of nitrogens with one attached hydrogen (secondary N) is 1. The summed E-state index contributed by atoms with van der Waals surface area (Å²) in [5.74, 6) is -2.65. The third kappa shape index (κ3) is 3.49. The minimum atomic E-state index is -1.35. The second-order valence-electron chi connectivity index (χ2n) is 9.42. The number of methoxy groups -OCH3 is 1. The maximum Gasteiger partial charge on any atom is 0.291 e. The standard InChI is InChI=1S/C25H25ClN4O5/c1-12-9-14(26)10-16-21(12)28-24(34)25(16)20-19(17(29-25)7-8-18(27)31)22(32)30(23(20)33)11-13-3-5-15(35-2)6-4-13/h3-6,9-10,17,19-20,29H,7-8,11H2,1-2H3,(H2,27,31)(H,28,34)/p+1/t17-,19+,20-,25-/m0/s1. The number of carbonyl (C=O) groups is 4. The Balaban J connectivity index is 1.58. The highest BCUT2D eigenvalue weighted by atomic mass is 35.5. The number of benzene rings is 2. The predicted octanol–water partition coefficient (Wildman–Crippen LogP) is 0.817. The van der Waals surface area contributed by atoms with E-state index in [1.165, 1.54) is 4.90 Å². The zero-order valence-electron chi connectivity index (χ0n) is 19.3. The van der Waals surface area contributed by atoms with Gasteiger partial charge in [0.1, 0.15) is 23.6 Å². The molecule has 2 fully saturated rings. The Labute approximate surface area is 206 Å². The van der Waals surface area contributed by atoms with Gasteiger partial charge in [-0.05, 0) is 42.3 Å². The topological polar surface area (TPSA) is 135 Å². The molecule has 0 unspecified atom stereocenters. The maximum absolute atomic E-state index is 13.9. The van der Waals surface area contributed by atoms with Crippen molar-refractivity contribution in [2.45, 2.75) is 37.9 Å². The summed E-state index contributed by atoms with van der Waals surface area (Å²) in [5.41, 5.74) is 6.78. The number of nitrogens with zero attached hydrogens (tertiary/aromatic N) is 1. The molecule has 3 aliphatic rings. The molecule has 2 aromatic rings. The van der Waals surface area contributed by atoms with Gasteiger partial charge in [-0.15, -0.1) is 0 Å². The Kier molecular flexibility index (Phi) is 5.56. The van der Waals surface area contributed by atoms with E-state index in [0.717, 1.165) is 11.1 Å². The SMILES string of the molecule is COc1ccc(CN2C(=O)[C@@H]3[C@H](CCC(N)=O)[NH2+][C@]4(C(=O)Nc5c(C)cc(Cl)cc54)[C@@H]3C2=O)cc1. The molecule has 2 saturated heterocycles. The van der Waals surface area contributed by atoms with Crippen LogP contribution in [0.3, 0.4) is 0 Å². The molecule has 0 saturated carbocycles. The number of hydrogen-bond acceptors (Lipinski definition) is 5. The van der Waals surface area contributed by atoms with Crippen molar-refractivity contribution >= 4 is 40.9 Å². The van der Waals surface area contributed by atoms with E-state index in [2.05, 4.69) is 5.32 Å². The highest BCUT2D eigenvalue weighted by Crippen LogP contribution is 2.51. The van der Waals surface area contributed by atoms with E-state index in [4.69, 9.17) is 22.1 Å². The number of fused-ring (bicyclic) bond motifs is 4. The average molecular weight is 498 g/mol. The summed E-state index contributed by atoms with van der Waals surface area (Å²) in [4.78, 5) is 53.9. The molecule has 0 aromatic heterocycles. The van der Waals surface area contributed by atoms with Crippen LogP contribution >= 0.6 is 11.6 Å². The van der Waals surface area contributed by atoms with E-state index in [0.29, 0.717) is 22.0 Å². The Morgan fingerprint density at radius 3 is 2.57 bits per heavy atom. The quantitative estimate of drug-likeness (QED) is 0.508. The lowest BCUT2D eigenvalue weighted by molar-refractivity contribution is -0.734. The summed E-state index contributed by atoms with van der Waals surface area (Å²) in [7, 11) is 1.56. The monoisotopic (exact) mass is 497 g/mol. The summed E-state index contributed by atoms with van der Waals surface area (Å²) in [6.45, 7) is 1.91. The number of likely N-dealkylation sites (tertiary alicyclic amines) is 1. The molecule has 4 amide bonds. The molecule has 1 spiro atoms. The van der Waals surface area contributed by atoms with Crippen LogP contribution in [-0.2, 0) is 31.3 Å². The van der Waals surface area contributed by atoms with Crippen LogP contribution in [0.5, 0.6) is 5.75 Å². The van der Waals surface area contributed by atoms with Crippen molar-refractivity contribution < 1.29 is 29.2 Å². The number of quaternary nitrogens is 1. The molecule has 0 aliphatic carbocycles. The fourth-order valence-corrected chi connectivity index (χ4v) is 6.17. The van der Waals surface area contributed by atoms with Crippen LogP contribution in [0, 0.1) is 18.8 Å². The minimum absolute atomic E-state index is 0.0451. The highest BCUT2D eigenvalue weighted by molar-refractivity contribution is 6.31. The summed E-state index contributed by atoms with van der Waals surface area (Å²) >= 11 is 6.36. The van der Waals surface area contributed by atoms with E-state index < -0.39 is 35.2 Å². The number of anilines is 1. The van der Waals surface area contributed by atoms with Gasteiger partial charge in [0.15, 0.2) is 0 Å². The van der Waals surface area contributed by atoms with Gasteiger partial charge in [-0.25, -0.2) is 0 Å². The van der Waals surface area contributed by atoms with Crippen molar-refractivity contribution in [1.82, 2.24) is 4.90 Å². The van der Waals surface area contributed by atoms with Crippen molar-refractivity contribution in [2.75, 3.05) is 12.4 Å². The number of carbonyl (C=O) groups excluding carboxylic acids is 4. The van der Waals surface area contributed by atoms with Crippen molar-refractivity contribution in [2.24, 2.45) is 17.6 Å². The maximum atomic E-state index is 13.9. The Morgan fingerprint density at radius 2 is 1.91 bits per heavy atom. The molecule has 0 bridgehead atoms. The van der Waals surface area contributed by atoms with Gasteiger partial charge >= 0.3 is 0 Å². The second kappa shape index (κ2) is 8.35. The lowest BCUT2D eigenvalue weighted by Gasteiger charge is -2.26. The molecule has 0 radical (unpaired) electrons. The molecular formula is C25H26ClN4O5+. The van der Waals surface area contributed by atoms with Gasteiger partial charge in [0.05, 0.1) is 19.3 Å². The Bertz CT molecular complexity index is 1260. The van der Waals surface area contributed by atoms with E-state index >= 15 is 0 Å². The molecule has 5 N–H and O–H groups in total. The van der Waals surface area contributed by atoms with E-state index in [1.54, 1.807) is 48.8 Å².